The first-order valence-electron chi connectivity index (χ1n) is 12.1. The first-order valence-corrected chi connectivity index (χ1v) is 12.1. The molecule has 5 nitrogen and oxygen atoms in total. The summed E-state index contributed by atoms with van der Waals surface area (Å²) in [6, 6.07) is 17.2. The Kier molecular flexibility index (Phi) is 7.31. The number of unbranched alkanes of at least 4 members (excludes halogenated alkanes) is 2. The van der Waals surface area contributed by atoms with Gasteiger partial charge in [-0.15, -0.1) is 0 Å². The molecular formula is C29H32N2O3. The van der Waals surface area contributed by atoms with E-state index in [-0.39, 0.29) is 5.56 Å². The third-order valence-electron chi connectivity index (χ3n) is 6.13. The molecule has 0 atom stereocenters. The number of anilines is 1. The molecule has 1 aliphatic heterocycles. The lowest BCUT2D eigenvalue weighted by Crippen LogP contribution is -2.06. The summed E-state index contributed by atoms with van der Waals surface area (Å²) in [5.74, 6) is -0.248. The van der Waals surface area contributed by atoms with Gasteiger partial charge in [0.2, 0.25) is 0 Å². The van der Waals surface area contributed by atoms with Crippen LogP contribution >= 0.6 is 0 Å². The molecule has 2 aromatic carbocycles. The van der Waals surface area contributed by atoms with Gasteiger partial charge in [-0.3, -0.25) is 4.99 Å². The van der Waals surface area contributed by atoms with Gasteiger partial charge in [0.1, 0.15) is 11.3 Å². The highest BCUT2D eigenvalue weighted by Crippen LogP contribution is 2.42. The van der Waals surface area contributed by atoms with E-state index in [0.29, 0.717) is 11.3 Å². The summed E-state index contributed by atoms with van der Waals surface area (Å²) in [4.78, 5) is 16.8. The van der Waals surface area contributed by atoms with Gasteiger partial charge in [-0.1, -0.05) is 44.9 Å². The first kappa shape index (κ1) is 23.6. The molecule has 0 saturated carbocycles. The Morgan fingerprint density at radius 3 is 2.56 bits per heavy atom. The fraction of sp³-hybridized carbons (Fsp3) is 0.310. The molecule has 2 aliphatic rings. The molecule has 2 aromatic rings. The SMILES string of the molecule is CCCC/N=c1\ccc2c(-c3ccccc3C(=O)O)c3cc(C)c(NCCCC)cc3oc-2c1. The molecule has 2 N–H and O–H groups in total. The van der Waals surface area contributed by atoms with Gasteiger partial charge in [-0.2, -0.15) is 0 Å². The number of nitrogens with zero attached hydrogens (tertiary/aromatic N) is 1. The molecular weight excluding hydrogens is 424 g/mol. The van der Waals surface area contributed by atoms with Gasteiger partial charge >= 0.3 is 5.97 Å². The van der Waals surface area contributed by atoms with Crippen LogP contribution in [-0.4, -0.2) is 24.2 Å². The molecule has 0 radical (unpaired) electrons. The Morgan fingerprint density at radius 2 is 1.79 bits per heavy atom. The number of benzene rings is 3. The zero-order valence-corrected chi connectivity index (χ0v) is 20.1. The van der Waals surface area contributed by atoms with Gasteiger partial charge in [-0.05, 0) is 55.2 Å². The highest BCUT2D eigenvalue weighted by Gasteiger charge is 2.21. The summed E-state index contributed by atoms with van der Waals surface area (Å²) in [5.41, 5.74) is 5.55. The second-order valence-corrected chi connectivity index (χ2v) is 8.69. The third-order valence-corrected chi connectivity index (χ3v) is 6.13. The van der Waals surface area contributed by atoms with Crippen LogP contribution in [-0.2, 0) is 0 Å². The zero-order valence-electron chi connectivity index (χ0n) is 20.1. The summed E-state index contributed by atoms with van der Waals surface area (Å²) in [5, 5.41) is 15.2. The number of aromatic carboxylic acids is 1. The monoisotopic (exact) mass is 456 g/mol. The maximum absolute atomic E-state index is 12.1. The first-order chi connectivity index (χ1) is 16.5. The standard InChI is InChI=1S/C29H32N2O3/c1-4-6-14-30-20-12-13-23-26(17-20)34-27-18-25(31-15-7-5-2)19(3)16-24(27)28(23)21-10-8-9-11-22(21)29(32)33/h8-13,16-18,31H,4-7,14-15H2,1-3H3,(H,32,33)/b30-20+. The van der Waals surface area contributed by atoms with Crippen LogP contribution in [0.5, 0.6) is 0 Å². The lowest BCUT2D eigenvalue weighted by Gasteiger charge is -2.19. The van der Waals surface area contributed by atoms with Crippen molar-refractivity contribution in [2.75, 3.05) is 18.4 Å². The third kappa shape index (κ3) is 4.84. The number of rotatable bonds is 9. The van der Waals surface area contributed by atoms with Crippen LogP contribution < -0.4 is 10.7 Å². The molecule has 0 fully saturated rings. The Balaban J connectivity index is 2.01. The van der Waals surface area contributed by atoms with Crippen LogP contribution in [0.25, 0.3) is 33.4 Å². The van der Waals surface area contributed by atoms with E-state index in [9.17, 15) is 9.90 Å². The van der Waals surface area contributed by atoms with Crippen molar-refractivity contribution < 1.29 is 14.3 Å². The van der Waals surface area contributed by atoms with Crippen LogP contribution in [0.4, 0.5) is 5.69 Å². The van der Waals surface area contributed by atoms with Crippen molar-refractivity contribution in [3.05, 3.63) is 71.1 Å². The van der Waals surface area contributed by atoms with E-state index in [1.165, 1.54) is 0 Å². The zero-order chi connectivity index (χ0) is 24.1. The fourth-order valence-electron chi connectivity index (χ4n) is 4.27. The second-order valence-electron chi connectivity index (χ2n) is 8.69. The van der Waals surface area contributed by atoms with Crippen molar-refractivity contribution in [1.82, 2.24) is 0 Å². The van der Waals surface area contributed by atoms with E-state index in [1.54, 1.807) is 12.1 Å². The van der Waals surface area contributed by atoms with Crippen molar-refractivity contribution in [3.63, 3.8) is 0 Å². The Hall–Kier alpha value is -3.60. The fourth-order valence-corrected chi connectivity index (χ4v) is 4.27. The molecule has 4 rings (SSSR count). The Bertz CT molecular complexity index is 1350. The summed E-state index contributed by atoms with van der Waals surface area (Å²) in [6.45, 7) is 8.06. The molecule has 176 valence electrons. The molecule has 5 heteroatoms. The van der Waals surface area contributed by atoms with Crippen LogP contribution in [0.1, 0.15) is 55.5 Å². The molecule has 0 saturated heterocycles. The van der Waals surface area contributed by atoms with E-state index in [2.05, 4.69) is 37.1 Å². The number of nitrogens with one attached hydrogen (secondary N) is 1. The number of hydrogen-bond donors (Lipinski definition) is 2. The minimum atomic E-state index is -0.946. The quantitative estimate of drug-likeness (QED) is 0.208. The van der Waals surface area contributed by atoms with Crippen LogP contribution in [0, 0.1) is 6.92 Å². The normalized spacial score (nSPS) is 11.9. The van der Waals surface area contributed by atoms with Crippen molar-refractivity contribution in [2.45, 2.75) is 46.5 Å². The molecule has 0 spiro atoms. The average Bonchev–Trinajstić information content (AvgIpc) is 2.83. The van der Waals surface area contributed by atoms with Gasteiger partial charge in [0.05, 0.1) is 10.9 Å². The van der Waals surface area contributed by atoms with E-state index in [1.807, 2.05) is 36.4 Å². The number of hydrogen-bond acceptors (Lipinski definition) is 4. The Labute approximate surface area is 200 Å². The Morgan fingerprint density at radius 1 is 1.00 bits per heavy atom. The number of carboxylic acid groups (broad SMARTS) is 1. The maximum Gasteiger partial charge on any atom is 0.336 e. The van der Waals surface area contributed by atoms with Gasteiger partial charge < -0.3 is 14.8 Å². The lowest BCUT2D eigenvalue weighted by atomic mass is 9.90. The van der Waals surface area contributed by atoms with Gasteiger partial charge in [-0.25, -0.2) is 4.79 Å². The van der Waals surface area contributed by atoms with Gasteiger partial charge in [0.25, 0.3) is 0 Å². The average molecular weight is 457 g/mol. The summed E-state index contributed by atoms with van der Waals surface area (Å²) < 4.78 is 6.41. The van der Waals surface area contributed by atoms with Gasteiger partial charge in [0.15, 0.2) is 0 Å². The van der Waals surface area contributed by atoms with E-state index < -0.39 is 5.97 Å². The van der Waals surface area contributed by atoms with Crippen LogP contribution in [0.3, 0.4) is 0 Å². The predicted octanol–water partition coefficient (Wildman–Crippen LogP) is 7.12. The highest BCUT2D eigenvalue weighted by molar-refractivity contribution is 6.08. The van der Waals surface area contributed by atoms with Crippen LogP contribution in [0.15, 0.2) is 64.0 Å². The number of carbonyl (C=O) groups is 1. The maximum atomic E-state index is 12.1. The molecule has 1 heterocycles. The molecule has 0 aromatic heterocycles. The molecule has 0 amide bonds. The minimum absolute atomic E-state index is 0.274. The molecule has 0 unspecified atom stereocenters. The number of carboxylic acids is 1. The van der Waals surface area contributed by atoms with Crippen molar-refractivity contribution >= 4 is 22.6 Å². The molecule has 34 heavy (non-hydrogen) atoms. The summed E-state index contributed by atoms with van der Waals surface area (Å²) in [7, 11) is 0. The molecule has 0 bridgehead atoms. The molecule has 1 aliphatic carbocycles. The van der Waals surface area contributed by atoms with E-state index in [0.717, 1.165) is 77.5 Å². The topological polar surface area (TPSA) is 74.8 Å². The predicted molar refractivity (Wildman–Crippen MR) is 139 cm³/mol. The van der Waals surface area contributed by atoms with Gasteiger partial charge in [0, 0.05) is 47.4 Å². The summed E-state index contributed by atoms with van der Waals surface area (Å²) in [6.07, 6.45) is 4.34. The largest absolute Gasteiger partial charge is 0.478 e. The van der Waals surface area contributed by atoms with Crippen molar-refractivity contribution in [2.24, 2.45) is 4.99 Å². The minimum Gasteiger partial charge on any atom is -0.478 e. The number of aryl methyl sites for hydroxylation is 1. The van der Waals surface area contributed by atoms with Crippen molar-refractivity contribution in [3.8, 4) is 22.5 Å². The van der Waals surface area contributed by atoms with Crippen molar-refractivity contribution in [1.29, 1.82) is 0 Å². The number of fused-ring (bicyclic) bond motifs is 2. The summed E-state index contributed by atoms with van der Waals surface area (Å²) >= 11 is 0. The smallest absolute Gasteiger partial charge is 0.336 e. The van der Waals surface area contributed by atoms with E-state index in [4.69, 9.17) is 4.42 Å². The van der Waals surface area contributed by atoms with Crippen LogP contribution in [0.2, 0.25) is 0 Å². The second kappa shape index (κ2) is 10.6. The van der Waals surface area contributed by atoms with E-state index >= 15 is 0 Å². The lowest BCUT2D eigenvalue weighted by molar-refractivity contribution is 0.0697. The highest BCUT2D eigenvalue weighted by atomic mass is 16.4.